The lowest BCUT2D eigenvalue weighted by Gasteiger charge is -2.08. The smallest absolute Gasteiger partial charge is 0.325 e. The van der Waals surface area contributed by atoms with Crippen LogP contribution >= 0.6 is 11.6 Å². The summed E-state index contributed by atoms with van der Waals surface area (Å²) in [7, 11) is 0. The maximum Gasteiger partial charge on any atom is 0.325 e. The van der Waals surface area contributed by atoms with Crippen LogP contribution < -0.4 is 10.6 Å². The summed E-state index contributed by atoms with van der Waals surface area (Å²) >= 11 is 6.17. The van der Waals surface area contributed by atoms with Gasteiger partial charge in [0.05, 0.1) is 6.61 Å². The van der Waals surface area contributed by atoms with Gasteiger partial charge in [0, 0.05) is 24.4 Å². The normalized spacial score (nSPS) is 10.7. The van der Waals surface area contributed by atoms with E-state index in [0.29, 0.717) is 35.3 Å². The summed E-state index contributed by atoms with van der Waals surface area (Å²) < 4.78 is 6.36. The number of rotatable bonds is 9. The third-order valence-electron chi connectivity index (χ3n) is 4.06. The van der Waals surface area contributed by atoms with Crippen LogP contribution in [0.4, 0.5) is 5.82 Å². The van der Waals surface area contributed by atoms with Crippen molar-refractivity contribution in [2.24, 2.45) is 0 Å². The molecule has 0 radical (unpaired) electrons. The van der Waals surface area contributed by atoms with Gasteiger partial charge in [-0.2, -0.15) is 4.52 Å². The maximum atomic E-state index is 11.9. The standard InChI is InChI=1S/C19H21ClN6O3/c1-2-29-19(28)12-22-18(27)10-9-17-24-23-16-8-7-15(25-26(16)17)21-11-13-5-3-4-6-14(13)20/h3-8H,2,9-12H2,1H3,(H,21,25)(H,22,27). The second-order valence-electron chi connectivity index (χ2n) is 6.13. The summed E-state index contributed by atoms with van der Waals surface area (Å²) in [6, 6.07) is 11.2. The molecule has 0 aliphatic carbocycles. The van der Waals surface area contributed by atoms with Crippen molar-refractivity contribution in [2.75, 3.05) is 18.5 Å². The number of carbonyl (C=O) groups is 2. The van der Waals surface area contributed by atoms with Gasteiger partial charge in [0.1, 0.15) is 12.4 Å². The fraction of sp³-hybridized carbons (Fsp3) is 0.316. The molecule has 0 spiro atoms. The molecule has 0 saturated carbocycles. The maximum absolute atomic E-state index is 11.9. The van der Waals surface area contributed by atoms with E-state index >= 15 is 0 Å². The summed E-state index contributed by atoms with van der Waals surface area (Å²) in [5.41, 5.74) is 1.54. The van der Waals surface area contributed by atoms with Crippen molar-refractivity contribution >= 4 is 34.9 Å². The Morgan fingerprint density at radius 2 is 2.00 bits per heavy atom. The highest BCUT2D eigenvalue weighted by atomic mass is 35.5. The summed E-state index contributed by atoms with van der Waals surface area (Å²) in [5.74, 6) is 0.436. The molecule has 0 saturated heterocycles. The first kappa shape index (κ1) is 20.5. The van der Waals surface area contributed by atoms with E-state index in [0.717, 1.165) is 5.56 Å². The predicted molar refractivity (Wildman–Crippen MR) is 108 cm³/mol. The molecule has 0 aliphatic rings. The fourth-order valence-corrected chi connectivity index (χ4v) is 2.81. The summed E-state index contributed by atoms with van der Waals surface area (Å²) in [5, 5.41) is 19.1. The molecular formula is C19H21ClN6O3. The molecule has 9 nitrogen and oxygen atoms in total. The van der Waals surface area contributed by atoms with Gasteiger partial charge in [-0.3, -0.25) is 9.59 Å². The zero-order valence-corrected chi connectivity index (χ0v) is 16.6. The predicted octanol–water partition coefficient (Wildman–Crippen LogP) is 2.00. The molecular weight excluding hydrogens is 396 g/mol. The average molecular weight is 417 g/mol. The highest BCUT2D eigenvalue weighted by Crippen LogP contribution is 2.16. The number of hydrogen-bond acceptors (Lipinski definition) is 7. The number of halogens is 1. The van der Waals surface area contributed by atoms with Crippen molar-refractivity contribution in [1.82, 2.24) is 25.1 Å². The Kier molecular flexibility index (Phi) is 6.96. The number of amides is 1. The lowest BCUT2D eigenvalue weighted by Crippen LogP contribution is -2.30. The van der Waals surface area contributed by atoms with Crippen molar-refractivity contribution in [1.29, 1.82) is 0 Å². The molecule has 152 valence electrons. The van der Waals surface area contributed by atoms with E-state index in [1.54, 1.807) is 23.6 Å². The van der Waals surface area contributed by atoms with Gasteiger partial charge in [0.15, 0.2) is 11.5 Å². The lowest BCUT2D eigenvalue weighted by atomic mass is 10.2. The zero-order chi connectivity index (χ0) is 20.6. The van der Waals surface area contributed by atoms with E-state index in [4.69, 9.17) is 16.3 Å². The van der Waals surface area contributed by atoms with Crippen LogP contribution in [0.1, 0.15) is 24.7 Å². The number of anilines is 1. The quantitative estimate of drug-likeness (QED) is 0.513. The number of benzene rings is 1. The Balaban J connectivity index is 1.59. The highest BCUT2D eigenvalue weighted by Gasteiger charge is 2.11. The number of hydrogen-bond donors (Lipinski definition) is 2. The van der Waals surface area contributed by atoms with E-state index in [-0.39, 0.29) is 25.5 Å². The molecule has 10 heteroatoms. The Morgan fingerprint density at radius 3 is 2.79 bits per heavy atom. The van der Waals surface area contributed by atoms with Crippen molar-refractivity contribution in [3.05, 3.63) is 52.8 Å². The van der Waals surface area contributed by atoms with Gasteiger partial charge in [-0.1, -0.05) is 29.8 Å². The second kappa shape index (κ2) is 9.83. The molecule has 0 unspecified atom stereocenters. The number of nitrogens with one attached hydrogen (secondary N) is 2. The lowest BCUT2D eigenvalue weighted by molar-refractivity contribution is -0.143. The van der Waals surface area contributed by atoms with Gasteiger partial charge in [-0.15, -0.1) is 15.3 Å². The molecule has 2 aromatic heterocycles. The van der Waals surface area contributed by atoms with Crippen LogP contribution in [0.3, 0.4) is 0 Å². The molecule has 1 amide bonds. The zero-order valence-electron chi connectivity index (χ0n) is 15.9. The van der Waals surface area contributed by atoms with Crippen LogP contribution in [0, 0.1) is 0 Å². The number of aromatic nitrogens is 4. The van der Waals surface area contributed by atoms with Crippen molar-refractivity contribution in [3.63, 3.8) is 0 Å². The van der Waals surface area contributed by atoms with Crippen LogP contribution in [-0.2, 0) is 27.3 Å². The third kappa shape index (κ3) is 5.64. The molecule has 2 N–H and O–H groups in total. The van der Waals surface area contributed by atoms with E-state index in [9.17, 15) is 9.59 Å². The number of nitrogens with zero attached hydrogens (tertiary/aromatic N) is 4. The summed E-state index contributed by atoms with van der Waals surface area (Å²) in [4.78, 5) is 23.2. The number of carbonyl (C=O) groups excluding carboxylic acids is 2. The summed E-state index contributed by atoms with van der Waals surface area (Å²) in [6.07, 6.45) is 0.482. The largest absolute Gasteiger partial charge is 0.465 e. The number of aryl methyl sites for hydroxylation is 1. The van der Waals surface area contributed by atoms with Crippen LogP contribution in [-0.4, -0.2) is 44.8 Å². The van der Waals surface area contributed by atoms with Gasteiger partial charge in [-0.25, -0.2) is 0 Å². The minimum Gasteiger partial charge on any atom is -0.465 e. The van der Waals surface area contributed by atoms with Crippen LogP contribution in [0.2, 0.25) is 5.02 Å². The number of esters is 1. The minimum atomic E-state index is -0.468. The Hall–Kier alpha value is -3.20. The molecule has 0 fully saturated rings. The Bertz CT molecular complexity index is 1010. The van der Waals surface area contributed by atoms with Crippen LogP contribution in [0.5, 0.6) is 0 Å². The van der Waals surface area contributed by atoms with Crippen molar-refractivity contribution in [3.8, 4) is 0 Å². The molecule has 0 atom stereocenters. The molecule has 0 bridgehead atoms. The Labute approximate surface area is 172 Å². The second-order valence-corrected chi connectivity index (χ2v) is 6.54. The van der Waals surface area contributed by atoms with Crippen LogP contribution in [0.25, 0.3) is 5.65 Å². The van der Waals surface area contributed by atoms with Gasteiger partial charge in [-0.05, 0) is 30.7 Å². The first-order valence-corrected chi connectivity index (χ1v) is 9.55. The van der Waals surface area contributed by atoms with Gasteiger partial charge in [0.2, 0.25) is 5.91 Å². The van der Waals surface area contributed by atoms with Crippen molar-refractivity contribution < 1.29 is 14.3 Å². The van der Waals surface area contributed by atoms with Crippen molar-refractivity contribution in [2.45, 2.75) is 26.3 Å². The molecule has 2 heterocycles. The van der Waals surface area contributed by atoms with Gasteiger partial charge in [0.25, 0.3) is 0 Å². The van der Waals surface area contributed by atoms with E-state index in [1.165, 1.54) is 0 Å². The molecule has 3 aromatic rings. The highest BCUT2D eigenvalue weighted by molar-refractivity contribution is 6.31. The number of fused-ring (bicyclic) bond motifs is 1. The van der Waals surface area contributed by atoms with E-state index in [2.05, 4.69) is 25.9 Å². The van der Waals surface area contributed by atoms with Gasteiger partial charge < -0.3 is 15.4 Å². The first-order valence-electron chi connectivity index (χ1n) is 9.17. The van der Waals surface area contributed by atoms with E-state index in [1.807, 2.05) is 24.3 Å². The molecule has 1 aromatic carbocycles. The SMILES string of the molecule is CCOC(=O)CNC(=O)CCc1nnc2ccc(NCc3ccccc3Cl)nn12. The summed E-state index contributed by atoms with van der Waals surface area (Å²) in [6.45, 7) is 2.35. The molecule has 29 heavy (non-hydrogen) atoms. The van der Waals surface area contributed by atoms with E-state index < -0.39 is 5.97 Å². The molecule has 3 rings (SSSR count). The first-order chi connectivity index (χ1) is 14.1. The van der Waals surface area contributed by atoms with Gasteiger partial charge >= 0.3 is 5.97 Å². The Morgan fingerprint density at radius 1 is 1.17 bits per heavy atom. The average Bonchev–Trinajstić information content (AvgIpc) is 3.12. The number of ether oxygens (including phenoxy) is 1. The molecule has 0 aliphatic heterocycles. The minimum absolute atomic E-state index is 0.151. The third-order valence-corrected chi connectivity index (χ3v) is 4.42. The monoisotopic (exact) mass is 416 g/mol. The fourth-order valence-electron chi connectivity index (χ4n) is 2.61. The topological polar surface area (TPSA) is 111 Å². The van der Waals surface area contributed by atoms with Crippen LogP contribution in [0.15, 0.2) is 36.4 Å².